The van der Waals surface area contributed by atoms with Crippen molar-refractivity contribution in [1.82, 2.24) is 4.72 Å². The van der Waals surface area contributed by atoms with Crippen LogP contribution in [-0.4, -0.2) is 15.0 Å². The van der Waals surface area contributed by atoms with Crippen LogP contribution in [0.1, 0.15) is 33.6 Å². The molecule has 0 aliphatic rings. The third-order valence-corrected chi connectivity index (χ3v) is 4.48. The van der Waals surface area contributed by atoms with E-state index in [0.717, 1.165) is 12.8 Å². The number of hydrogen-bond donors (Lipinski definition) is 1. The summed E-state index contributed by atoms with van der Waals surface area (Å²) in [6, 6.07) is 6.45. The zero-order valence-corrected chi connectivity index (χ0v) is 12.6. The Hall–Kier alpha value is -0.580. The average Bonchev–Trinajstić information content (AvgIpc) is 2.24. The summed E-state index contributed by atoms with van der Waals surface area (Å²) in [5, 5.41) is 0.251. The molecule has 18 heavy (non-hydrogen) atoms. The number of nitrogens with one attached hydrogen (secondary N) is 1. The van der Waals surface area contributed by atoms with Crippen LogP contribution in [0, 0.1) is 5.41 Å². The van der Waals surface area contributed by atoms with Gasteiger partial charge in [0.25, 0.3) is 0 Å². The van der Waals surface area contributed by atoms with Crippen molar-refractivity contribution in [2.45, 2.75) is 38.5 Å². The molecule has 1 aromatic rings. The summed E-state index contributed by atoms with van der Waals surface area (Å²) in [6.07, 6.45) is 1.78. The van der Waals surface area contributed by atoms with Gasteiger partial charge in [-0.15, -0.1) is 0 Å². The summed E-state index contributed by atoms with van der Waals surface area (Å²) in [5.74, 6) is 0. The molecule has 0 saturated carbocycles. The molecule has 3 nitrogen and oxygen atoms in total. The summed E-state index contributed by atoms with van der Waals surface area (Å²) in [5.41, 5.74) is 0.218. The highest BCUT2D eigenvalue weighted by atomic mass is 35.5. The van der Waals surface area contributed by atoms with Crippen molar-refractivity contribution in [2.75, 3.05) is 6.54 Å². The van der Waals surface area contributed by atoms with Crippen molar-refractivity contribution in [1.29, 1.82) is 0 Å². The van der Waals surface area contributed by atoms with E-state index < -0.39 is 10.0 Å². The van der Waals surface area contributed by atoms with Crippen LogP contribution in [0.25, 0.3) is 0 Å². The molecule has 0 bridgehead atoms. The van der Waals surface area contributed by atoms with Crippen LogP contribution in [0.15, 0.2) is 29.2 Å². The number of sulfonamides is 1. The maximum Gasteiger partial charge on any atom is 0.242 e. The molecule has 0 radical (unpaired) electrons. The molecule has 0 amide bonds. The largest absolute Gasteiger partial charge is 0.242 e. The Morgan fingerprint density at radius 3 is 2.39 bits per heavy atom. The first-order valence-corrected chi connectivity index (χ1v) is 7.83. The third kappa shape index (κ3) is 4.96. The Bertz CT molecular complexity index is 492. The zero-order chi connectivity index (χ0) is 13.8. The first-order chi connectivity index (χ1) is 8.22. The van der Waals surface area contributed by atoms with Crippen molar-refractivity contribution < 1.29 is 8.42 Å². The van der Waals surface area contributed by atoms with E-state index >= 15 is 0 Å². The fourth-order valence-corrected chi connectivity index (χ4v) is 3.16. The van der Waals surface area contributed by atoms with Gasteiger partial charge in [0.2, 0.25) is 10.0 Å². The lowest BCUT2D eigenvalue weighted by molar-refractivity contribution is 0.365. The fraction of sp³-hybridized carbons (Fsp3) is 0.538. The predicted octanol–water partition coefficient (Wildman–Crippen LogP) is 3.44. The molecular weight excluding hydrogens is 270 g/mol. The molecule has 102 valence electrons. The lowest BCUT2D eigenvalue weighted by Gasteiger charge is -2.17. The number of hydrogen-bond acceptors (Lipinski definition) is 2. The first kappa shape index (κ1) is 15.5. The van der Waals surface area contributed by atoms with E-state index in [-0.39, 0.29) is 15.3 Å². The Balaban J connectivity index is 2.59. The number of rotatable bonds is 5. The van der Waals surface area contributed by atoms with E-state index in [1.54, 1.807) is 18.2 Å². The highest BCUT2D eigenvalue weighted by molar-refractivity contribution is 7.89. The molecule has 1 rings (SSSR count). The molecule has 1 N–H and O–H groups in total. The maximum atomic E-state index is 12.0. The fourth-order valence-electron chi connectivity index (χ4n) is 1.57. The minimum absolute atomic E-state index is 0.141. The van der Waals surface area contributed by atoms with Gasteiger partial charge in [0.1, 0.15) is 4.90 Å². The van der Waals surface area contributed by atoms with E-state index in [0.29, 0.717) is 6.54 Å². The zero-order valence-electron chi connectivity index (χ0n) is 11.0. The summed E-state index contributed by atoms with van der Waals surface area (Å²) < 4.78 is 26.5. The van der Waals surface area contributed by atoms with Gasteiger partial charge in [-0.3, -0.25) is 0 Å². The predicted molar refractivity (Wildman–Crippen MR) is 75.3 cm³/mol. The minimum atomic E-state index is -3.49. The maximum absolute atomic E-state index is 12.0. The molecule has 0 aliphatic heterocycles. The smallest absolute Gasteiger partial charge is 0.211 e. The van der Waals surface area contributed by atoms with Gasteiger partial charge in [-0.25, -0.2) is 13.1 Å². The lowest BCUT2D eigenvalue weighted by atomic mass is 9.91. The molecule has 0 fully saturated rings. The Labute approximate surface area is 115 Å². The highest BCUT2D eigenvalue weighted by Gasteiger charge is 2.17. The van der Waals surface area contributed by atoms with Gasteiger partial charge in [-0.1, -0.05) is 44.5 Å². The molecule has 0 atom stereocenters. The van der Waals surface area contributed by atoms with Crippen LogP contribution in [0.5, 0.6) is 0 Å². The van der Waals surface area contributed by atoms with Crippen molar-refractivity contribution in [3.05, 3.63) is 29.3 Å². The summed E-state index contributed by atoms with van der Waals surface area (Å²) in [4.78, 5) is 0.141. The molecule has 0 unspecified atom stereocenters. The molecule has 0 aromatic heterocycles. The van der Waals surface area contributed by atoms with Gasteiger partial charge in [0.15, 0.2) is 0 Å². The molecule has 0 heterocycles. The van der Waals surface area contributed by atoms with Crippen molar-refractivity contribution in [3.8, 4) is 0 Å². The average molecular weight is 290 g/mol. The molecule has 5 heteroatoms. The SMILES string of the molecule is CC(C)(C)CCCNS(=O)(=O)c1ccccc1Cl. The first-order valence-electron chi connectivity index (χ1n) is 5.97. The second-order valence-electron chi connectivity index (χ2n) is 5.49. The highest BCUT2D eigenvalue weighted by Crippen LogP contribution is 2.22. The van der Waals surface area contributed by atoms with Gasteiger partial charge in [0, 0.05) is 6.54 Å². The summed E-state index contributed by atoms with van der Waals surface area (Å²) in [7, 11) is -3.49. The van der Waals surface area contributed by atoms with Crippen LogP contribution in [-0.2, 0) is 10.0 Å². The minimum Gasteiger partial charge on any atom is -0.211 e. The van der Waals surface area contributed by atoms with Gasteiger partial charge in [-0.05, 0) is 30.4 Å². The van der Waals surface area contributed by atoms with Crippen molar-refractivity contribution in [2.24, 2.45) is 5.41 Å². The van der Waals surface area contributed by atoms with Crippen LogP contribution in [0.4, 0.5) is 0 Å². The number of halogens is 1. The second-order valence-corrected chi connectivity index (χ2v) is 7.63. The van der Waals surface area contributed by atoms with Crippen LogP contribution >= 0.6 is 11.6 Å². The molecule has 1 aromatic carbocycles. The molecule has 0 aliphatic carbocycles. The van der Waals surface area contributed by atoms with Gasteiger partial charge >= 0.3 is 0 Å². The molecule has 0 spiro atoms. The van der Waals surface area contributed by atoms with E-state index in [9.17, 15) is 8.42 Å². The van der Waals surface area contributed by atoms with E-state index in [1.807, 2.05) is 0 Å². The Morgan fingerprint density at radius 2 is 1.83 bits per heavy atom. The van der Waals surface area contributed by atoms with Gasteiger partial charge < -0.3 is 0 Å². The number of benzene rings is 1. The lowest BCUT2D eigenvalue weighted by Crippen LogP contribution is -2.25. The Morgan fingerprint density at radius 1 is 1.22 bits per heavy atom. The quantitative estimate of drug-likeness (QED) is 0.844. The van der Waals surface area contributed by atoms with E-state index in [2.05, 4.69) is 25.5 Å². The van der Waals surface area contributed by atoms with Crippen molar-refractivity contribution >= 4 is 21.6 Å². The standard InChI is InChI=1S/C13H20ClNO2S/c1-13(2,3)9-6-10-15-18(16,17)12-8-5-4-7-11(12)14/h4-5,7-8,15H,6,9-10H2,1-3H3. The molecule has 0 saturated heterocycles. The van der Waals surface area contributed by atoms with Crippen molar-refractivity contribution in [3.63, 3.8) is 0 Å². The molecular formula is C13H20ClNO2S. The van der Waals surface area contributed by atoms with E-state index in [4.69, 9.17) is 11.6 Å². The van der Waals surface area contributed by atoms with Crippen LogP contribution in [0.3, 0.4) is 0 Å². The normalized spacial score (nSPS) is 12.7. The topological polar surface area (TPSA) is 46.2 Å². The second kappa shape index (κ2) is 6.04. The van der Waals surface area contributed by atoms with Gasteiger partial charge in [0.05, 0.1) is 5.02 Å². The third-order valence-electron chi connectivity index (χ3n) is 2.52. The Kier molecular flexibility index (Phi) is 5.20. The summed E-state index contributed by atoms with van der Waals surface area (Å²) in [6.45, 7) is 6.84. The van der Waals surface area contributed by atoms with Crippen LogP contribution in [0.2, 0.25) is 5.02 Å². The van der Waals surface area contributed by atoms with E-state index in [1.165, 1.54) is 6.07 Å². The van der Waals surface area contributed by atoms with Crippen LogP contribution < -0.4 is 4.72 Å². The monoisotopic (exact) mass is 289 g/mol. The summed E-state index contributed by atoms with van der Waals surface area (Å²) >= 11 is 5.87. The van der Waals surface area contributed by atoms with Gasteiger partial charge in [-0.2, -0.15) is 0 Å².